The van der Waals surface area contributed by atoms with Crippen molar-refractivity contribution in [2.45, 2.75) is 208 Å². The molecule has 0 saturated carbocycles. The van der Waals surface area contributed by atoms with Crippen LogP contribution in [0.3, 0.4) is 0 Å². The second-order valence-electron chi connectivity index (χ2n) is 20.8. The quantitative estimate of drug-likeness (QED) is 0.0307. The minimum Gasteiger partial charge on any atom is -0.507 e. The van der Waals surface area contributed by atoms with E-state index in [1.807, 2.05) is 50.4 Å². The van der Waals surface area contributed by atoms with Gasteiger partial charge in [-0.25, -0.2) is 0 Å². The molecule has 4 aromatic rings. The predicted molar refractivity (Wildman–Crippen MR) is 286 cm³/mol. The lowest BCUT2D eigenvalue weighted by Crippen LogP contribution is -2.45. The van der Waals surface area contributed by atoms with E-state index in [0.717, 1.165) is 37.0 Å². The Hall–Kier alpha value is -4.34. The Bertz CT molecular complexity index is 2380. The Labute approximate surface area is 452 Å². The van der Waals surface area contributed by atoms with Gasteiger partial charge in [0.15, 0.2) is 25.2 Å². The van der Waals surface area contributed by atoms with E-state index in [9.17, 15) is 30.3 Å². The number of carbonyl (C=O) groups is 1. The molecule has 1 amide bonds. The molecule has 76 heavy (non-hydrogen) atoms. The van der Waals surface area contributed by atoms with Gasteiger partial charge in [-0.05, 0) is 152 Å². The first-order valence-corrected chi connectivity index (χ1v) is 28.4. The number of aliphatic hydroxyl groups excluding tert-OH is 2. The Morgan fingerprint density at radius 1 is 0.553 bits per heavy atom. The van der Waals surface area contributed by atoms with Crippen molar-refractivity contribution in [2.75, 3.05) is 13.6 Å². The van der Waals surface area contributed by atoms with Crippen LogP contribution in [0.15, 0.2) is 102 Å². The molecular weight excluding hydrogens is 993 g/mol. The van der Waals surface area contributed by atoms with Crippen molar-refractivity contribution in [1.82, 2.24) is 10.0 Å². The minimum absolute atomic E-state index is 0.00445. The van der Waals surface area contributed by atoms with Crippen LogP contribution in [0.4, 0.5) is 0 Å². The van der Waals surface area contributed by atoms with Crippen LogP contribution >= 0.6 is 11.9 Å². The van der Waals surface area contributed by atoms with Gasteiger partial charge in [0.2, 0.25) is 0 Å². The third kappa shape index (κ3) is 17.1. The van der Waals surface area contributed by atoms with E-state index in [0.29, 0.717) is 92.9 Å². The highest BCUT2D eigenvalue weighted by molar-refractivity contribution is 7.97. The summed E-state index contributed by atoms with van der Waals surface area (Å²) < 4.78 is 53.8. The van der Waals surface area contributed by atoms with Crippen LogP contribution in [0.1, 0.15) is 162 Å². The molecule has 0 bridgehead atoms. The number of nitrogens with one attached hydrogen (secondary N) is 2. The van der Waals surface area contributed by atoms with Crippen molar-refractivity contribution < 1.29 is 68.2 Å². The lowest BCUT2D eigenvalue weighted by molar-refractivity contribution is -0.253. The highest BCUT2D eigenvalue weighted by Gasteiger charge is 2.37. The average molecular weight is 1070 g/mol. The summed E-state index contributed by atoms with van der Waals surface area (Å²) in [6.07, 6.45) is 5.01. The van der Waals surface area contributed by atoms with Crippen LogP contribution in [0.5, 0.6) is 17.2 Å². The number of para-hydroxylation sites is 3. The summed E-state index contributed by atoms with van der Waals surface area (Å²) in [6.45, 7) is 4.21. The minimum atomic E-state index is -0.769. The SMILES string of the molecule is CCC1CC(CCCC2CC(CC(O)CCCC3CC(CCCC(O)CC4CC(C)OC(c5ccccc5O)O4)OC(c4ccccc4O)O3)OC(CNC(=O)c3ccc(SNC)cc3)O2)OC(c2ccccc2O)O1. The van der Waals surface area contributed by atoms with Crippen LogP contribution in [0.25, 0.3) is 0 Å². The number of amides is 1. The summed E-state index contributed by atoms with van der Waals surface area (Å²) in [5, 5.41) is 57.5. The van der Waals surface area contributed by atoms with E-state index < -0.39 is 37.4 Å². The monoisotopic (exact) mass is 1070 g/mol. The summed E-state index contributed by atoms with van der Waals surface area (Å²) in [7, 11) is 1.84. The zero-order chi connectivity index (χ0) is 53.4. The summed E-state index contributed by atoms with van der Waals surface area (Å²) in [5.74, 6) is 0.119. The van der Waals surface area contributed by atoms with Crippen molar-refractivity contribution in [1.29, 1.82) is 0 Å². The molecule has 8 rings (SSSR count). The van der Waals surface area contributed by atoms with E-state index in [1.54, 1.807) is 60.7 Å². The van der Waals surface area contributed by atoms with Crippen molar-refractivity contribution in [2.24, 2.45) is 0 Å². The Balaban J connectivity index is 0.833. The van der Waals surface area contributed by atoms with Gasteiger partial charge < -0.3 is 68.7 Å². The first-order chi connectivity index (χ1) is 36.9. The molecule has 14 unspecified atom stereocenters. The number of aromatic hydroxyl groups is 3. The van der Waals surface area contributed by atoms with Gasteiger partial charge in [0.1, 0.15) is 17.2 Å². The van der Waals surface area contributed by atoms with E-state index in [4.69, 9.17) is 37.9 Å². The molecule has 7 N–H and O–H groups in total. The Kier molecular flexibility index (Phi) is 22.1. The number of hydrogen-bond donors (Lipinski definition) is 7. The molecule has 17 heteroatoms. The molecule has 4 aromatic carbocycles. The fourth-order valence-electron chi connectivity index (χ4n) is 10.9. The number of aliphatic hydroxyl groups is 2. The number of hydrogen-bond acceptors (Lipinski definition) is 16. The highest BCUT2D eigenvalue weighted by atomic mass is 32.2. The molecule has 4 saturated heterocycles. The van der Waals surface area contributed by atoms with E-state index in [-0.39, 0.29) is 78.5 Å². The third-order valence-corrected chi connectivity index (χ3v) is 15.6. The third-order valence-electron chi connectivity index (χ3n) is 14.8. The molecular formula is C59H80N2O14S. The highest BCUT2D eigenvalue weighted by Crippen LogP contribution is 2.40. The fourth-order valence-corrected chi connectivity index (χ4v) is 11.4. The molecule has 4 fully saturated rings. The number of benzene rings is 4. The molecule has 0 aromatic heterocycles. The average Bonchev–Trinajstić information content (AvgIpc) is 3.41. The van der Waals surface area contributed by atoms with Crippen molar-refractivity contribution in [3.05, 3.63) is 119 Å². The van der Waals surface area contributed by atoms with Gasteiger partial charge in [-0.3, -0.25) is 9.52 Å². The van der Waals surface area contributed by atoms with Gasteiger partial charge >= 0.3 is 0 Å². The van der Waals surface area contributed by atoms with Gasteiger partial charge in [0.05, 0.1) is 67.6 Å². The Morgan fingerprint density at radius 3 is 1.49 bits per heavy atom. The lowest BCUT2D eigenvalue weighted by atomic mass is 9.95. The second kappa shape index (κ2) is 29.0. The molecule has 4 aliphatic heterocycles. The van der Waals surface area contributed by atoms with Crippen molar-refractivity contribution in [3.8, 4) is 17.2 Å². The maximum Gasteiger partial charge on any atom is 0.251 e. The van der Waals surface area contributed by atoms with E-state index in [1.165, 1.54) is 11.9 Å². The second-order valence-corrected chi connectivity index (χ2v) is 21.9. The van der Waals surface area contributed by atoms with Gasteiger partial charge in [0.25, 0.3) is 5.91 Å². The summed E-state index contributed by atoms with van der Waals surface area (Å²) in [5.41, 5.74) is 2.28. The van der Waals surface area contributed by atoms with Crippen LogP contribution in [-0.2, 0) is 37.9 Å². The first kappa shape index (κ1) is 57.8. The molecule has 0 aliphatic carbocycles. The molecule has 0 radical (unpaired) electrons. The molecule has 416 valence electrons. The zero-order valence-electron chi connectivity index (χ0n) is 44.2. The molecule has 4 aliphatic rings. The number of ether oxygens (including phenoxy) is 8. The Morgan fingerprint density at radius 2 is 0.974 bits per heavy atom. The maximum absolute atomic E-state index is 13.3. The molecule has 4 heterocycles. The smallest absolute Gasteiger partial charge is 0.251 e. The van der Waals surface area contributed by atoms with Crippen LogP contribution in [-0.4, -0.2) is 112 Å². The number of rotatable bonds is 25. The molecule has 14 atom stereocenters. The zero-order valence-corrected chi connectivity index (χ0v) is 45.0. The van der Waals surface area contributed by atoms with Gasteiger partial charge in [-0.2, -0.15) is 0 Å². The fraction of sp³-hybridized carbons (Fsp3) is 0.576. The molecule has 16 nitrogen and oxygen atoms in total. The number of phenols is 3. The lowest BCUT2D eigenvalue weighted by Gasteiger charge is -2.38. The summed E-state index contributed by atoms with van der Waals surface area (Å²) in [4.78, 5) is 14.3. The van der Waals surface area contributed by atoms with Gasteiger partial charge in [0, 0.05) is 46.4 Å². The normalized spacial score (nSPS) is 28.9. The van der Waals surface area contributed by atoms with Gasteiger partial charge in [-0.15, -0.1) is 0 Å². The largest absolute Gasteiger partial charge is 0.507 e. The van der Waals surface area contributed by atoms with Crippen molar-refractivity contribution >= 4 is 17.9 Å². The van der Waals surface area contributed by atoms with Gasteiger partial charge in [-0.1, -0.05) is 61.5 Å². The topological polar surface area (TPSA) is 216 Å². The van der Waals surface area contributed by atoms with E-state index in [2.05, 4.69) is 17.0 Å². The first-order valence-electron chi connectivity index (χ1n) is 27.5. The standard InChI is InChI=1S/C59H80N2O14S/c1-4-41-33-43(72-58(71-41)50-21-6-9-24-53(50)65)19-13-18-42-35-47(70-55(69-42)36-61-56(67)38-26-28-48(29-27-38)76-60-3)32-40(63)15-12-17-45-34-44(73-59(74-45)51-22-7-10-25-54(51)66)16-11-14-39(62)31-46-30-37(2)68-57(75-46)49-20-5-8-23-52(49)64/h5-10,20-29,37,39-47,55,57-60,62-66H,4,11-19,30-36H2,1-3H3,(H,61,67). The number of carbonyl (C=O) groups excluding carboxylic acids is 1. The summed E-state index contributed by atoms with van der Waals surface area (Å²) >= 11 is 1.47. The van der Waals surface area contributed by atoms with Crippen LogP contribution in [0, 0.1) is 0 Å². The number of phenolic OH excluding ortho intramolecular Hbond substituents is 3. The van der Waals surface area contributed by atoms with Crippen LogP contribution < -0.4 is 10.0 Å². The predicted octanol–water partition coefficient (Wildman–Crippen LogP) is 10.3. The van der Waals surface area contributed by atoms with E-state index >= 15 is 0 Å². The van der Waals surface area contributed by atoms with Crippen molar-refractivity contribution in [3.63, 3.8) is 0 Å². The summed E-state index contributed by atoms with van der Waals surface area (Å²) in [6, 6.07) is 28.5. The van der Waals surface area contributed by atoms with Crippen LogP contribution in [0.2, 0.25) is 0 Å². The molecule has 0 spiro atoms. The maximum atomic E-state index is 13.3.